The van der Waals surface area contributed by atoms with Crippen LogP contribution < -0.4 is 4.90 Å². The number of rotatable bonds is 6. The molecule has 0 radical (unpaired) electrons. The van der Waals surface area contributed by atoms with Gasteiger partial charge >= 0.3 is 0 Å². The van der Waals surface area contributed by atoms with Crippen LogP contribution in [0, 0.1) is 10.1 Å². The van der Waals surface area contributed by atoms with Crippen LogP contribution in [-0.2, 0) is 11.2 Å². The highest BCUT2D eigenvalue weighted by atomic mass is 35.5. The van der Waals surface area contributed by atoms with Gasteiger partial charge in [0.05, 0.1) is 11.2 Å². The lowest BCUT2D eigenvalue weighted by Crippen LogP contribution is -2.49. The molecule has 1 fully saturated rings. The number of anilines is 1. The summed E-state index contributed by atoms with van der Waals surface area (Å²) >= 11 is 5.88. The van der Waals surface area contributed by atoms with E-state index in [9.17, 15) is 14.9 Å². The van der Waals surface area contributed by atoms with Crippen LogP contribution in [0.3, 0.4) is 0 Å². The summed E-state index contributed by atoms with van der Waals surface area (Å²) in [6.07, 6.45) is 2.09. The Morgan fingerprint density at radius 3 is 2.73 bits per heavy atom. The fraction of sp³-hybridized carbons (Fsp3) is 0.316. The molecule has 1 aliphatic rings. The molecule has 0 N–H and O–H groups in total. The van der Waals surface area contributed by atoms with Crippen molar-refractivity contribution in [2.45, 2.75) is 12.8 Å². The quantitative estimate of drug-likeness (QED) is 0.431. The maximum Gasteiger partial charge on any atom is 0.294 e. The van der Waals surface area contributed by atoms with Crippen molar-refractivity contribution in [1.82, 2.24) is 15.0 Å². The van der Waals surface area contributed by atoms with Crippen molar-refractivity contribution in [3.8, 4) is 11.6 Å². The van der Waals surface area contributed by atoms with Crippen molar-refractivity contribution in [2.24, 2.45) is 0 Å². The van der Waals surface area contributed by atoms with Crippen molar-refractivity contribution in [3.05, 3.63) is 57.6 Å². The Bertz CT molecular complexity index is 1040. The summed E-state index contributed by atoms with van der Waals surface area (Å²) in [6, 6.07) is 8.07. The number of aromatic nitrogens is 2. The first kappa shape index (κ1) is 19.9. The normalized spacial score (nSPS) is 14.2. The van der Waals surface area contributed by atoms with Crippen LogP contribution in [0.25, 0.3) is 11.6 Å². The Kier molecular flexibility index (Phi) is 5.66. The minimum Gasteiger partial charge on any atom is -0.461 e. The van der Waals surface area contributed by atoms with Gasteiger partial charge in [-0.1, -0.05) is 16.8 Å². The van der Waals surface area contributed by atoms with E-state index in [1.165, 1.54) is 12.3 Å². The number of aryl methyl sites for hydroxylation is 1. The second kappa shape index (κ2) is 8.54. The molecule has 3 heterocycles. The number of benzene rings is 1. The third kappa shape index (κ3) is 4.28. The van der Waals surface area contributed by atoms with E-state index in [0.29, 0.717) is 60.8 Å². The standard InChI is InChI=1S/C19H18ClN5O5/c20-13-3-4-14(15(12-13)25(27)28)23-7-9-24(10-8-23)18(26)6-5-17-21-19(22-30-17)16-2-1-11-29-16/h1-4,11-12H,5-10H2. The van der Waals surface area contributed by atoms with Crippen molar-refractivity contribution in [1.29, 1.82) is 0 Å². The van der Waals surface area contributed by atoms with E-state index >= 15 is 0 Å². The molecule has 11 heteroatoms. The number of carbonyl (C=O) groups is 1. The van der Waals surface area contributed by atoms with Gasteiger partial charge in [0.25, 0.3) is 5.69 Å². The molecule has 4 rings (SSSR count). The number of hydrogen-bond acceptors (Lipinski definition) is 8. The summed E-state index contributed by atoms with van der Waals surface area (Å²) in [4.78, 5) is 31.3. The molecule has 0 spiro atoms. The molecule has 30 heavy (non-hydrogen) atoms. The lowest BCUT2D eigenvalue weighted by atomic mass is 10.2. The van der Waals surface area contributed by atoms with E-state index in [2.05, 4.69) is 10.1 Å². The second-order valence-electron chi connectivity index (χ2n) is 6.75. The molecule has 1 saturated heterocycles. The molecule has 10 nitrogen and oxygen atoms in total. The lowest BCUT2D eigenvalue weighted by molar-refractivity contribution is -0.384. The van der Waals surface area contributed by atoms with Gasteiger partial charge in [0.1, 0.15) is 5.69 Å². The number of hydrogen-bond donors (Lipinski definition) is 0. The first-order chi connectivity index (χ1) is 14.5. The average Bonchev–Trinajstić information content (AvgIpc) is 3.44. The van der Waals surface area contributed by atoms with Gasteiger partial charge in [0, 0.05) is 50.1 Å². The van der Waals surface area contributed by atoms with Crippen molar-refractivity contribution < 1.29 is 18.7 Å². The fourth-order valence-corrected chi connectivity index (χ4v) is 3.51. The number of nitro benzene ring substituents is 1. The summed E-state index contributed by atoms with van der Waals surface area (Å²) in [5.74, 6) is 1.19. The van der Waals surface area contributed by atoms with E-state index in [1.54, 1.807) is 29.2 Å². The van der Waals surface area contributed by atoms with Crippen LogP contribution >= 0.6 is 11.6 Å². The van der Waals surface area contributed by atoms with Crippen molar-refractivity contribution in [2.75, 3.05) is 31.1 Å². The van der Waals surface area contributed by atoms with Gasteiger partial charge in [0.15, 0.2) is 5.76 Å². The number of furan rings is 1. The van der Waals surface area contributed by atoms with E-state index in [4.69, 9.17) is 20.5 Å². The Morgan fingerprint density at radius 1 is 1.23 bits per heavy atom. The molecule has 0 atom stereocenters. The molecule has 1 aromatic carbocycles. The summed E-state index contributed by atoms with van der Waals surface area (Å²) in [7, 11) is 0. The number of nitro groups is 1. The SMILES string of the molecule is O=C(CCc1nc(-c2ccco2)no1)N1CCN(c2ccc(Cl)cc2[N+](=O)[O-])CC1. The topological polar surface area (TPSA) is 119 Å². The smallest absolute Gasteiger partial charge is 0.294 e. The third-order valence-corrected chi connectivity index (χ3v) is 5.10. The van der Waals surface area contributed by atoms with Crippen molar-refractivity contribution in [3.63, 3.8) is 0 Å². The van der Waals surface area contributed by atoms with Gasteiger partial charge in [-0.25, -0.2) is 0 Å². The van der Waals surface area contributed by atoms with Gasteiger partial charge in [-0.2, -0.15) is 4.98 Å². The van der Waals surface area contributed by atoms with E-state index in [-0.39, 0.29) is 18.0 Å². The van der Waals surface area contributed by atoms with E-state index < -0.39 is 4.92 Å². The van der Waals surface area contributed by atoms with Crippen LogP contribution in [0.4, 0.5) is 11.4 Å². The van der Waals surface area contributed by atoms with Crippen LogP contribution in [0.1, 0.15) is 12.3 Å². The van der Waals surface area contributed by atoms with Gasteiger partial charge in [-0.05, 0) is 24.3 Å². The Morgan fingerprint density at radius 2 is 2.03 bits per heavy atom. The monoisotopic (exact) mass is 431 g/mol. The zero-order chi connectivity index (χ0) is 21.1. The van der Waals surface area contributed by atoms with Gasteiger partial charge in [-0.3, -0.25) is 14.9 Å². The van der Waals surface area contributed by atoms with Crippen LogP contribution in [-0.4, -0.2) is 52.1 Å². The number of amides is 1. The lowest BCUT2D eigenvalue weighted by Gasteiger charge is -2.35. The Labute approximate surface area is 176 Å². The van der Waals surface area contributed by atoms with Gasteiger partial charge in [0.2, 0.25) is 17.6 Å². The van der Waals surface area contributed by atoms with Crippen LogP contribution in [0.2, 0.25) is 5.02 Å². The highest BCUT2D eigenvalue weighted by Gasteiger charge is 2.26. The molecule has 0 bridgehead atoms. The average molecular weight is 432 g/mol. The number of piperazine rings is 1. The summed E-state index contributed by atoms with van der Waals surface area (Å²) in [5, 5.41) is 15.5. The predicted molar refractivity (Wildman–Crippen MR) is 107 cm³/mol. The molecular formula is C19H18ClN5O5. The molecule has 1 amide bonds. The predicted octanol–water partition coefficient (Wildman–Crippen LogP) is 3.17. The molecule has 0 saturated carbocycles. The van der Waals surface area contributed by atoms with Crippen LogP contribution in [0.5, 0.6) is 0 Å². The first-order valence-electron chi connectivity index (χ1n) is 9.34. The largest absolute Gasteiger partial charge is 0.461 e. The summed E-state index contributed by atoms with van der Waals surface area (Å²) in [6.45, 7) is 1.94. The molecule has 1 aliphatic heterocycles. The van der Waals surface area contributed by atoms with Gasteiger partial charge < -0.3 is 18.7 Å². The molecule has 156 valence electrons. The number of halogens is 1. The van der Waals surface area contributed by atoms with E-state index in [1.807, 2.05) is 4.90 Å². The van der Waals surface area contributed by atoms with E-state index in [0.717, 1.165) is 0 Å². The maximum atomic E-state index is 12.5. The first-order valence-corrected chi connectivity index (χ1v) is 9.72. The third-order valence-electron chi connectivity index (χ3n) is 4.87. The molecule has 0 aliphatic carbocycles. The molecule has 3 aromatic rings. The minimum absolute atomic E-state index is 0.0296. The highest BCUT2D eigenvalue weighted by molar-refractivity contribution is 6.30. The molecule has 0 unspecified atom stereocenters. The van der Waals surface area contributed by atoms with Crippen molar-refractivity contribution >= 4 is 28.9 Å². The zero-order valence-corrected chi connectivity index (χ0v) is 16.6. The fourth-order valence-electron chi connectivity index (χ4n) is 3.34. The summed E-state index contributed by atoms with van der Waals surface area (Å²) in [5.41, 5.74) is 0.471. The molecule has 2 aromatic heterocycles. The zero-order valence-electron chi connectivity index (χ0n) is 15.9. The van der Waals surface area contributed by atoms with Gasteiger partial charge in [-0.15, -0.1) is 0 Å². The maximum absolute atomic E-state index is 12.5. The highest BCUT2D eigenvalue weighted by Crippen LogP contribution is 2.31. The number of carbonyl (C=O) groups excluding carboxylic acids is 1. The van der Waals surface area contributed by atoms with Crippen LogP contribution in [0.15, 0.2) is 45.5 Å². The molecular weight excluding hydrogens is 414 g/mol. The number of nitrogens with zero attached hydrogens (tertiary/aromatic N) is 5. The minimum atomic E-state index is -0.444. The Hall–Kier alpha value is -3.40. The second-order valence-corrected chi connectivity index (χ2v) is 7.18. The Balaban J connectivity index is 1.31. The summed E-state index contributed by atoms with van der Waals surface area (Å²) < 4.78 is 10.4.